The van der Waals surface area contributed by atoms with E-state index in [9.17, 15) is 4.79 Å². The molecule has 8 heteroatoms. The van der Waals surface area contributed by atoms with Crippen LogP contribution in [-0.2, 0) is 19.2 Å². The van der Waals surface area contributed by atoms with E-state index in [-0.39, 0.29) is 11.4 Å². The van der Waals surface area contributed by atoms with Gasteiger partial charge in [0.1, 0.15) is 5.82 Å². The first-order valence-corrected chi connectivity index (χ1v) is 7.49. The summed E-state index contributed by atoms with van der Waals surface area (Å²) in [4.78, 5) is 18.0. The standard InChI is InChI=1S/C11H14BrN5OS/c1-3-6-10(12)7(17(2)16-6)5-19-11-14-8(13)4-9(18)15-11/h4H,3,5H2,1-2H3,(H3,13,14,15,18). The highest BCUT2D eigenvalue weighted by molar-refractivity contribution is 9.10. The number of hydrogen-bond donors (Lipinski definition) is 2. The van der Waals surface area contributed by atoms with Crippen molar-refractivity contribution in [3.63, 3.8) is 0 Å². The maximum absolute atomic E-state index is 11.3. The number of aromatic nitrogens is 4. The van der Waals surface area contributed by atoms with Gasteiger partial charge in [-0.15, -0.1) is 0 Å². The van der Waals surface area contributed by atoms with Gasteiger partial charge in [0, 0.05) is 18.9 Å². The van der Waals surface area contributed by atoms with E-state index in [0.717, 1.165) is 22.3 Å². The molecule has 6 nitrogen and oxygen atoms in total. The third-order valence-electron chi connectivity index (χ3n) is 2.59. The van der Waals surface area contributed by atoms with Crippen molar-refractivity contribution in [2.45, 2.75) is 24.3 Å². The average molecular weight is 344 g/mol. The number of halogens is 1. The number of H-pyrrole nitrogens is 1. The zero-order chi connectivity index (χ0) is 14.0. The number of nitrogens with zero attached hydrogens (tertiary/aromatic N) is 3. The van der Waals surface area contributed by atoms with Gasteiger partial charge in [0.25, 0.3) is 5.56 Å². The van der Waals surface area contributed by atoms with Crippen molar-refractivity contribution in [2.24, 2.45) is 7.05 Å². The molecule has 2 heterocycles. The Labute approximate surface area is 122 Å². The Bertz CT molecular complexity index is 651. The Hall–Kier alpha value is -1.28. The SMILES string of the molecule is CCc1nn(C)c(CSc2nc(N)cc(=O)[nH]2)c1Br. The van der Waals surface area contributed by atoms with Crippen LogP contribution in [0.4, 0.5) is 5.82 Å². The number of nitrogens with two attached hydrogens (primary N) is 1. The first kappa shape index (κ1) is 14.1. The molecular weight excluding hydrogens is 330 g/mol. The van der Waals surface area contributed by atoms with Crippen LogP contribution in [0.2, 0.25) is 0 Å². The van der Waals surface area contributed by atoms with Gasteiger partial charge in [-0.25, -0.2) is 4.98 Å². The number of hydrogen-bond acceptors (Lipinski definition) is 5. The van der Waals surface area contributed by atoms with E-state index in [2.05, 4.69) is 37.9 Å². The third-order valence-corrected chi connectivity index (χ3v) is 4.39. The summed E-state index contributed by atoms with van der Waals surface area (Å²) in [6.45, 7) is 2.06. The second-order valence-electron chi connectivity index (χ2n) is 3.95. The molecule has 0 aromatic carbocycles. The third kappa shape index (κ3) is 3.19. The molecule has 3 N–H and O–H groups in total. The predicted molar refractivity (Wildman–Crippen MR) is 79.1 cm³/mol. The van der Waals surface area contributed by atoms with E-state index in [4.69, 9.17) is 5.73 Å². The monoisotopic (exact) mass is 343 g/mol. The highest BCUT2D eigenvalue weighted by Gasteiger charge is 2.13. The summed E-state index contributed by atoms with van der Waals surface area (Å²) in [7, 11) is 1.90. The van der Waals surface area contributed by atoms with Crippen LogP contribution >= 0.6 is 27.7 Å². The summed E-state index contributed by atoms with van der Waals surface area (Å²) in [6, 6.07) is 1.26. The quantitative estimate of drug-likeness (QED) is 0.651. The summed E-state index contributed by atoms with van der Waals surface area (Å²) in [5.74, 6) is 0.876. The van der Waals surface area contributed by atoms with Crippen molar-refractivity contribution in [1.29, 1.82) is 0 Å². The van der Waals surface area contributed by atoms with Gasteiger partial charge in [0.15, 0.2) is 5.16 Å². The molecule has 2 rings (SSSR count). The van der Waals surface area contributed by atoms with Gasteiger partial charge in [-0.1, -0.05) is 18.7 Å². The van der Waals surface area contributed by atoms with Crippen LogP contribution in [0.15, 0.2) is 20.5 Å². The van der Waals surface area contributed by atoms with Gasteiger partial charge in [0.05, 0.1) is 15.9 Å². The molecule has 0 radical (unpaired) electrons. The Morgan fingerprint density at radius 1 is 1.58 bits per heavy atom. The van der Waals surface area contributed by atoms with Gasteiger partial charge in [-0.3, -0.25) is 9.48 Å². The molecule has 19 heavy (non-hydrogen) atoms. The van der Waals surface area contributed by atoms with E-state index in [1.54, 1.807) is 0 Å². The van der Waals surface area contributed by atoms with Crippen molar-refractivity contribution in [3.8, 4) is 0 Å². The fourth-order valence-corrected chi connectivity index (χ4v) is 3.52. The van der Waals surface area contributed by atoms with Crippen LogP contribution in [0, 0.1) is 0 Å². The smallest absolute Gasteiger partial charge is 0.253 e. The molecule has 0 aliphatic rings. The minimum atomic E-state index is -0.242. The average Bonchev–Trinajstić information content (AvgIpc) is 2.61. The zero-order valence-corrected chi connectivity index (χ0v) is 13.0. The molecule has 0 unspecified atom stereocenters. The van der Waals surface area contributed by atoms with E-state index >= 15 is 0 Å². The maximum atomic E-state index is 11.3. The fourth-order valence-electron chi connectivity index (χ4n) is 1.63. The molecule has 0 spiro atoms. The molecule has 0 bridgehead atoms. The molecule has 0 saturated carbocycles. The largest absolute Gasteiger partial charge is 0.383 e. The van der Waals surface area contributed by atoms with E-state index in [1.165, 1.54) is 17.8 Å². The lowest BCUT2D eigenvalue weighted by Crippen LogP contribution is -2.09. The fraction of sp³-hybridized carbons (Fsp3) is 0.364. The highest BCUT2D eigenvalue weighted by atomic mass is 79.9. The Morgan fingerprint density at radius 2 is 2.32 bits per heavy atom. The van der Waals surface area contributed by atoms with Gasteiger partial charge < -0.3 is 10.7 Å². The summed E-state index contributed by atoms with van der Waals surface area (Å²) >= 11 is 4.97. The van der Waals surface area contributed by atoms with Crippen LogP contribution in [0.25, 0.3) is 0 Å². The van der Waals surface area contributed by atoms with Crippen molar-refractivity contribution < 1.29 is 0 Å². The van der Waals surface area contributed by atoms with Gasteiger partial charge in [-0.05, 0) is 22.4 Å². The van der Waals surface area contributed by atoms with Gasteiger partial charge >= 0.3 is 0 Å². The van der Waals surface area contributed by atoms with Crippen molar-refractivity contribution in [3.05, 3.63) is 32.3 Å². The lowest BCUT2D eigenvalue weighted by Gasteiger charge is -2.03. The Kier molecular flexibility index (Phi) is 4.31. The lowest BCUT2D eigenvalue weighted by atomic mass is 10.3. The summed E-state index contributed by atoms with van der Waals surface area (Å²) in [5.41, 5.74) is 7.37. The van der Waals surface area contributed by atoms with Crippen LogP contribution in [0.5, 0.6) is 0 Å². The molecule has 102 valence electrons. The molecular formula is C11H14BrN5OS. The topological polar surface area (TPSA) is 89.6 Å². The maximum Gasteiger partial charge on any atom is 0.253 e. The zero-order valence-electron chi connectivity index (χ0n) is 10.6. The molecule has 0 atom stereocenters. The summed E-state index contributed by atoms with van der Waals surface area (Å²) in [5, 5.41) is 4.93. The van der Waals surface area contributed by atoms with Gasteiger partial charge in [-0.2, -0.15) is 5.10 Å². The summed E-state index contributed by atoms with van der Waals surface area (Å²) in [6.07, 6.45) is 0.868. The van der Waals surface area contributed by atoms with Crippen LogP contribution in [-0.4, -0.2) is 19.7 Å². The number of nitrogen functional groups attached to an aromatic ring is 1. The number of nitrogens with one attached hydrogen (secondary N) is 1. The van der Waals surface area contributed by atoms with E-state index in [0.29, 0.717) is 10.9 Å². The molecule has 0 amide bonds. The number of aromatic amines is 1. The minimum absolute atomic E-state index is 0.226. The second-order valence-corrected chi connectivity index (χ2v) is 5.71. The summed E-state index contributed by atoms with van der Waals surface area (Å²) < 4.78 is 2.84. The van der Waals surface area contributed by atoms with Crippen molar-refractivity contribution in [2.75, 3.05) is 5.73 Å². The van der Waals surface area contributed by atoms with E-state index < -0.39 is 0 Å². The Morgan fingerprint density at radius 3 is 2.89 bits per heavy atom. The van der Waals surface area contributed by atoms with Gasteiger partial charge in [0.2, 0.25) is 0 Å². The molecule has 2 aromatic heterocycles. The Balaban J connectivity index is 2.19. The van der Waals surface area contributed by atoms with Crippen LogP contribution < -0.4 is 11.3 Å². The number of aryl methyl sites for hydroxylation is 2. The second kappa shape index (κ2) is 5.79. The first-order chi connectivity index (χ1) is 9.01. The normalized spacial score (nSPS) is 10.9. The number of thioether (sulfide) groups is 1. The minimum Gasteiger partial charge on any atom is -0.383 e. The van der Waals surface area contributed by atoms with E-state index in [1.807, 2.05) is 11.7 Å². The van der Waals surface area contributed by atoms with Crippen molar-refractivity contribution >= 4 is 33.5 Å². The van der Waals surface area contributed by atoms with Crippen LogP contribution in [0.1, 0.15) is 18.3 Å². The number of anilines is 1. The lowest BCUT2D eigenvalue weighted by molar-refractivity contribution is 0.719. The molecule has 2 aromatic rings. The molecule has 0 aliphatic heterocycles. The van der Waals surface area contributed by atoms with Crippen LogP contribution in [0.3, 0.4) is 0 Å². The highest BCUT2D eigenvalue weighted by Crippen LogP contribution is 2.27. The van der Waals surface area contributed by atoms with Crippen molar-refractivity contribution in [1.82, 2.24) is 19.7 Å². The predicted octanol–water partition coefficient (Wildman–Crippen LogP) is 1.70. The number of rotatable bonds is 4. The molecule has 0 saturated heterocycles. The molecule has 0 aliphatic carbocycles. The first-order valence-electron chi connectivity index (χ1n) is 5.71. The molecule has 0 fully saturated rings.